The topological polar surface area (TPSA) is 12.4 Å². The van der Waals surface area contributed by atoms with E-state index in [0.29, 0.717) is 5.92 Å². The first-order chi connectivity index (χ1) is 8.47. The van der Waals surface area contributed by atoms with Gasteiger partial charge in [-0.1, -0.05) is 25.4 Å². The normalized spacial score (nSPS) is 12.4. The number of nitrogens with zero attached hydrogens (tertiary/aromatic N) is 1. The van der Waals surface area contributed by atoms with E-state index in [2.05, 4.69) is 20.8 Å². The molecule has 0 fully saturated rings. The van der Waals surface area contributed by atoms with E-state index in [9.17, 15) is 0 Å². The molecular weight excluding hydrogens is 282 g/mol. The SMILES string of the molecule is Cc1cc(Cl)ccc1N=c1sc(C)c(C(C)C)s1. The molecule has 18 heavy (non-hydrogen) atoms. The molecule has 0 atom stereocenters. The molecule has 0 saturated heterocycles. The van der Waals surface area contributed by atoms with Gasteiger partial charge in [0.2, 0.25) is 0 Å². The average molecular weight is 298 g/mol. The first-order valence-corrected chi connectivity index (χ1v) is 7.90. The van der Waals surface area contributed by atoms with Gasteiger partial charge >= 0.3 is 0 Å². The number of halogens is 1. The van der Waals surface area contributed by atoms with Gasteiger partial charge in [-0.2, -0.15) is 0 Å². The Bertz CT molecular complexity index is 623. The van der Waals surface area contributed by atoms with Gasteiger partial charge in [-0.25, -0.2) is 4.99 Å². The van der Waals surface area contributed by atoms with Gasteiger partial charge in [0.1, 0.15) is 0 Å². The summed E-state index contributed by atoms with van der Waals surface area (Å²) >= 11 is 9.52. The molecule has 4 heteroatoms. The van der Waals surface area contributed by atoms with Crippen molar-refractivity contribution in [3.05, 3.63) is 42.5 Å². The van der Waals surface area contributed by atoms with E-state index < -0.39 is 0 Å². The van der Waals surface area contributed by atoms with Gasteiger partial charge in [0, 0.05) is 14.8 Å². The van der Waals surface area contributed by atoms with Crippen LogP contribution in [-0.4, -0.2) is 0 Å². The Morgan fingerprint density at radius 3 is 2.44 bits per heavy atom. The van der Waals surface area contributed by atoms with Crippen LogP contribution in [0.4, 0.5) is 5.69 Å². The molecular formula is C14H16ClNS2. The van der Waals surface area contributed by atoms with E-state index in [0.717, 1.165) is 20.3 Å². The predicted octanol–water partition coefficient (Wildman–Crippen LogP) is 5.44. The molecule has 0 aliphatic carbocycles. The van der Waals surface area contributed by atoms with Crippen LogP contribution in [0.15, 0.2) is 23.2 Å². The standard InChI is InChI=1S/C14H16ClNS2/c1-8(2)13-10(4)17-14(18-13)16-12-6-5-11(15)7-9(12)3/h5-8H,1-4H3. The van der Waals surface area contributed by atoms with Crippen LogP contribution in [0, 0.1) is 13.8 Å². The number of aryl methyl sites for hydroxylation is 2. The maximum atomic E-state index is 5.95. The van der Waals surface area contributed by atoms with Crippen molar-refractivity contribution in [2.75, 3.05) is 0 Å². The zero-order valence-corrected chi connectivity index (χ0v) is 13.3. The van der Waals surface area contributed by atoms with Gasteiger partial charge < -0.3 is 0 Å². The van der Waals surface area contributed by atoms with Gasteiger partial charge in [-0.15, -0.1) is 22.7 Å². The molecule has 0 aliphatic rings. The van der Waals surface area contributed by atoms with E-state index in [1.807, 2.05) is 25.1 Å². The molecule has 2 rings (SSSR count). The fourth-order valence-electron chi connectivity index (χ4n) is 1.78. The van der Waals surface area contributed by atoms with Gasteiger partial charge in [0.25, 0.3) is 0 Å². The number of hydrogen-bond acceptors (Lipinski definition) is 3. The second-order valence-electron chi connectivity index (χ2n) is 4.59. The van der Waals surface area contributed by atoms with Crippen molar-refractivity contribution in [1.82, 2.24) is 0 Å². The lowest BCUT2D eigenvalue weighted by Gasteiger charge is -1.99. The number of benzene rings is 1. The van der Waals surface area contributed by atoms with Crippen molar-refractivity contribution in [2.24, 2.45) is 4.99 Å². The van der Waals surface area contributed by atoms with Crippen LogP contribution in [0.3, 0.4) is 0 Å². The third-order valence-corrected chi connectivity index (χ3v) is 5.60. The van der Waals surface area contributed by atoms with E-state index in [1.165, 1.54) is 9.75 Å². The fourth-order valence-corrected chi connectivity index (χ4v) is 4.52. The van der Waals surface area contributed by atoms with E-state index >= 15 is 0 Å². The number of rotatable bonds is 2. The molecule has 1 aromatic carbocycles. The van der Waals surface area contributed by atoms with Crippen molar-refractivity contribution < 1.29 is 0 Å². The third kappa shape index (κ3) is 3.02. The van der Waals surface area contributed by atoms with Gasteiger partial charge in [0.15, 0.2) is 3.98 Å². The maximum Gasteiger partial charge on any atom is 0.171 e. The monoisotopic (exact) mass is 297 g/mol. The molecule has 0 bridgehead atoms. The summed E-state index contributed by atoms with van der Waals surface area (Å²) in [6, 6.07) is 5.82. The van der Waals surface area contributed by atoms with Crippen molar-refractivity contribution >= 4 is 40.0 Å². The molecule has 0 unspecified atom stereocenters. The Kier molecular flexibility index (Phi) is 4.25. The molecule has 0 saturated carbocycles. The van der Waals surface area contributed by atoms with E-state index in [1.54, 1.807) is 22.7 Å². The fraction of sp³-hybridized carbons (Fsp3) is 0.357. The molecule has 2 aromatic rings. The first kappa shape index (κ1) is 13.8. The molecule has 0 N–H and O–H groups in total. The molecule has 1 nitrogen and oxygen atoms in total. The van der Waals surface area contributed by atoms with Gasteiger partial charge in [0.05, 0.1) is 5.69 Å². The molecule has 0 radical (unpaired) electrons. The summed E-state index contributed by atoms with van der Waals surface area (Å²) < 4.78 is 1.11. The van der Waals surface area contributed by atoms with Crippen molar-refractivity contribution in [2.45, 2.75) is 33.6 Å². The van der Waals surface area contributed by atoms with Crippen LogP contribution in [0.1, 0.15) is 35.1 Å². The Hall–Kier alpha value is -0.640. The van der Waals surface area contributed by atoms with Crippen molar-refractivity contribution in [3.63, 3.8) is 0 Å². The lowest BCUT2D eigenvalue weighted by atomic mass is 10.2. The van der Waals surface area contributed by atoms with E-state index in [4.69, 9.17) is 16.6 Å². The first-order valence-electron chi connectivity index (χ1n) is 5.88. The summed E-state index contributed by atoms with van der Waals surface area (Å²) in [6.45, 7) is 8.66. The highest BCUT2D eigenvalue weighted by Gasteiger charge is 2.07. The minimum atomic E-state index is 0.571. The minimum absolute atomic E-state index is 0.571. The highest BCUT2D eigenvalue weighted by Crippen LogP contribution is 2.27. The highest BCUT2D eigenvalue weighted by molar-refractivity contribution is 7.27. The molecule has 96 valence electrons. The summed E-state index contributed by atoms with van der Waals surface area (Å²) in [5, 5.41) is 0.764. The third-order valence-electron chi connectivity index (χ3n) is 2.68. The minimum Gasteiger partial charge on any atom is -0.227 e. The second kappa shape index (κ2) is 5.55. The predicted molar refractivity (Wildman–Crippen MR) is 82.4 cm³/mol. The van der Waals surface area contributed by atoms with Crippen molar-refractivity contribution in [3.8, 4) is 0 Å². The molecule has 1 heterocycles. The highest BCUT2D eigenvalue weighted by atomic mass is 35.5. The quantitative estimate of drug-likeness (QED) is 0.700. The molecule has 0 spiro atoms. The summed E-state index contributed by atoms with van der Waals surface area (Å²) in [5.41, 5.74) is 2.12. The lowest BCUT2D eigenvalue weighted by molar-refractivity contribution is 0.884. The second-order valence-corrected chi connectivity index (χ2v) is 7.52. The Morgan fingerprint density at radius 2 is 1.89 bits per heavy atom. The van der Waals surface area contributed by atoms with Gasteiger partial charge in [-0.3, -0.25) is 0 Å². The maximum absolute atomic E-state index is 5.95. The summed E-state index contributed by atoms with van der Waals surface area (Å²) in [4.78, 5) is 7.53. The summed E-state index contributed by atoms with van der Waals surface area (Å²) in [5.74, 6) is 0.571. The molecule has 1 aromatic heterocycles. The van der Waals surface area contributed by atoms with Gasteiger partial charge in [-0.05, 0) is 43.5 Å². The van der Waals surface area contributed by atoms with Crippen LogP contribution in [0.5, 0.6) is 0 Å². The summed E-state index contributed by atoms with van der Waals surface area (Å²) in [7, 11) is 0. The molecule has 0 aliphatic heterocycles. The Labute approximate surface area is 121 Å². The zero-order chi connectivity index (χ0) is 13.3. The van der Waals surface area contributed by atoms with Crippen LogP contribution >= 0.6 is 34.3 Å². The number of hydrogen-bond donors (Lipinski definition) is 0. The average Bonchev–Trinajstić information content (AvgIpc) is 2.64. The smallest absolute Gasteiger partial charge is 0.171 e. The van der Waals surface area contributed by atoms with E-state index in [-0.39, 0.29) is 0 Å². The largest absolute Gasteiger partial charge is 0.227 e. The molecule has 0 amide bonds. The van der Waals surface area contributed by atoms with Crippen LogP contribution in [-0.2, 0) is 0 Å². The Balaban J connectivity index is 2.47. The Morgan fingerprint density at radius 1 is 1.17 bits per heavy atom. The zero-order valence-electron chi connectivity index (χ0n) is 11.0. The summed E-state index contributed by atoms with van der Waals surface area (Å²) in [6.07, 6.45) is 0. The van der Waals surface area contributed by atoms with Crippen LogP contribution < -0.4 is 3.98 Å². The van der Waals surface area contributed by atoms with Crippen molar-refractivity contribution in [1.29, 1.82) is 0 Å². The van der Waals surface area contributed by atoms with Crippen LogP contribution in [0.2, 0.25) is 5.02 Å². The lowest BCUT2D eigenvalue weighted by Crippen LogP contribution is -1.87. The van der Waals surface area contributed by atoms with Crippen LogP contribution in [0.25, 0.3) is 0 Å².